The molecule has 1 aromatic carbocycles. The second kappa shape index (κ2) is 9.16. The summed E-state index contributed by atoms with van der Waals surface area (Å²) in [6, 6.07) is 10.3. The minimum atomic E-state index is 0. The van der Waals surface area contributed by atoms with Gasteiger partial charge >= 0.3 is 0 Å². The fraction of sp³-hybridized carbons (Fsp3) is 0.611. The minimum Gasteiger partial charge on any atom is -0.338 e. The molecule has 2 rings (SSSR count). The molecule has 22 heavy (non-hydrogen) atoms. The molecule has 4 heteroatoms. The van der Waals surface area contributed by atoms with Crippen LogP contribution >= 0.6 is 12.4 Å². The van der Waals surface area contributed by atoms with Crippen LogP contribution in [0.1, 0.15) is 38.7 Å². The fourth-order valence-electron chi connectivity index (χ4n) is 3.36. The van der Waals surface area contributed by atoms with E-state index < -0.39 is 0 Å². The first-order valence-corrected chi connectivity index (χ1v) is 8.14. The summed E-state index contributed by atoms with van der Waals surface area (Å²) in [5.74, 6) is 1.30. The van der Waals surface area contributed by atoms with E-state index in [-0.39, 0.29) is 18.3 Å². The maximum absolute atomic E-state index is 12.9. The maximum Gasteiger partial charge on any atom is 0.226 e. The first kappa shape index (κ1) is 19.0. The van der Waals surface area contributed by atoms with E-state index >= 15 is 0 Å². The lowest BCUT2D eigenvalue weighted by molar-refractivity contribution is -0.137. The van der Waals surface area contributed by atoms with Crippen molar-refractivity contribution < 1.29 is 4.79 Å². The van der Waals surface area contributed by atoms with Gasteiger partial charge in [-0.05, 0) is 36.8 Å². The van der Waals surface area contributed by atoms with Crippen molar-refractivity contribution >= 4 is 18.3 Å². The Hall–Kier alpha value is -1.06. The lowest BCUT2D eigenvalue weighted by Gasteiger charge is -2.29. The van der Waals surface area contributed by atoms with E-state index in [2.05, 4.69) is 26.0 Å². The molecule has 2 atom stereocenters. The van der Waals surface area contributed by atoms with Gasteiger partial charge in [0.15, 0.2) is 0 Å². The van der Waals surface area contributed by atoms with Crippen LogP contribution in [0.3, 0.4) is 0 Å². The van der Waals surface area contributed by atoms with E-state index in [1.165, 1.54) is 5.56 Å². The summed E-state index contributed by atoms with van der Waals surface area (Å²) in [6.07, 6.45) is 3.25. The van der Waals surface area contributed by atoms with Crippen LogP contribution in [0.2, 0.25) is 0 Å². The Morgan fingerprint density at radius 2 is 1.95 bits per heavy atom. The number of hydrogen-bond acceptors (Lipinski definition) is 2. The number of nitrogens with two attached hydrogens (primary N) is 1. The Morgan fingerprint density at radius 1 is 1.27 bits per heavy atom. The molecule has 0 aliphatic heterocycles. The Balaban J connectivity index is 0.00000242. The van der Waals surface area contributed by atoms with Crippen LogP contribution < -0.4 is 5.73 Å². The van der Waals surface area contributed by atoms with E-state index in [0.29, 0.717) is 30.8 Å². The van der Waals surface area contributed by atoms with Crippen LogP contribution in [0.15, 0.2) is 30.3 Å². The summed E-state index contributed by atoms with van der Waals surface area (Å²) in [5, 5.41) is 0. The van der Waals surface area contributed by atoms with E-state index in [4.69, 9.17) is 5.73 Å². The molecule has 0 saturated heterocycles. The van der Waals surface area contributed by atoms with Crippen molar-refractivity contribution in [2.45, 2.75) is 39.7 Å². The average molecular weight is 325 g/mol. The quantitative estimate of drug-likeness (QED) is 0.871. The Kier molecular flexibility index (Phi) is 7.91. The van der Waals surface area contributed by atoms with Gasteiger partial charge in [-0.3, -0.25) is 4.79 Å². The Labute approximate surface area is 140 Å². The van der Waals surface area contributed by atoms with Crippen molar-refractivity contribution in [3.8, 4) is 0 Å². The number of nitrogens with zero attached hydrogens (tertiary/aromatic N) is 1. The molecule has 1 saturated carbocycles. The first-order chi connectivity index (χ1) is 10.1. The fourth-order valence-corrected chi connectivity index (χ4v) is 3.36. The van der Waals surface area contributed by atoms with Crippen LogP contribution in [-0.2, 0) is 11.3 Å². The summed E-state index contributed by atoms with van der Waals surface area (Å²) >= 11 is 0. The van der Waals surface area contributed by atoms with E-state index in [1.807, 2.05) is 23.1 Å². The normalized spacial score (nSPS) is 20.7. The molecule has 1 aromatic rings. The standard InChI is InChI=1S/C18H28N2O.ClH/c1-14(2)12-20(13-15-7-4-3-5-8-15)18(21)17-10-6-9-16(17)11-19;/h3-5,7-8,14,16-17H,6,9-13,19H2,1-2H3;1H/t16-,17-;/m1./s1. The molecule has 1 aliphatic rings. The first-order valence-electron chi connectivity index (χ1n) is 8.14. The number of rotatable bonds is 6. The van der Waals surface area contributed by atoms with Crippen LogP contribution in [0.4, 0.5) is 0 Å². The van der Waals surface area contributed by atoms with Crippen LogP contribution in [0, 0.1) is 17.8 Å². The lowest BCUT2D eigenvalue weighted by Crippen LogP contribution is -2.40. The third-order valence-corrected chi connectivity index (χ3v) is 4.39. The monoisotopic (exact) mass is 324 g/mol. The number of amides is 1. The van der Waals surface area contributed by atoms with Crippen molar-refractivity contribution in [1.29, 1.82) is 0 Å². The zero-order valence-electron chi connectivity index (χ0n) is 13.7. The molecule has 0 bridgehead atoms. The highest BCUT2D eigenvalue weighted by Gasteiger charge is 2.34. The highest BCUT2D eigenvalue weighted by atomic mass is 35.5. The number of carbonyl (C=O) groups is 1. The molecule has 1 fully saturated rings. The van der Waals surface area contributed by atoms with Gasteiger partial charge in [0.2, 0.25) is 5.91 Å². The lowest BCUT2D eigenvalue weighted by atomic mass is 9.94. The minimum absolute atomic E-state index is 0. The van der Waals surface area contributed by atoms with Crippen molar-refractivity contribution in [2.24, 2.45) is 23.5 Å². The molecule has 2 N–H and O–H groups in total. The van der Waals surface area contributed by atoms with Crippen molar-refractivity contribution in [3.05, 3.63) is 35.9 Å². The molecule has 124 valence electrons. The van der Waals surface area contributed by atoms with Gasteiger partial charge in [0, 0.05) is 19.0 Å². The molecule has 3 nitrogen and oxygen atoms in total. The van der Waals surface area contributed by atoms with Crippen molar-refractivity contribution in [1.82, 2.24) is 4.90 Å². The summed E-state index contributed by atoms with van der Waals surface area (Å²) in [4.78, 5) is 15.0. The van der Waals surface area contributed by atoms with Gasteiger partial charge in [0.1, 0.15) is 0 Å². The summed E-state index contributed by atoms with van der Waals surface area (Å²) in [6.45, 7) is 6.51. The molecule has 0 spiro atoms. The van der Waals surface area contributed by atoms with Crippen molar-refractivity contribution in [3.63, 3.8) is 0 Å². The van der Waals surface area contributed by atoms with Gasteiger partial charge in [-0.15, -0.1) is 12.4 Å². The SMILES string of the molecule is CC(C)CN(Cc1ccccc1)C(=O)[C@@H]1CCC[C@@H]1CN.Cl. The second-order valence-electron chi connectivity index (χ2n) is 6.63. The molecular weight excluding hydrogens is 296 g/mol. The number of benzene rings is 1. The van der Waals surface area contributed by atoms with Gasteiger partial charge in [0.05, 0.1) is 0 Å². The van der Waals surface area contributed by atoms with Crippen molar-refractivity contribution in [2.75, 3.05) is 13.1 Å². The molecular formula is C18H29ClN2O. The van der Waals surface area contributed by atoms with Gasteiger partial charge in [-0.2, -0.15) is 0 Å². The zero-order chi connectivity index (χ0) is 15.2. The Bertz CT molecular complexity index is 450. The predicted octanol–water partition coefficient (Wildman–Crippen LogP) is 3.47. The number of hydrogen-bond donors (Lipinski definition) is 1. The second-order valence-corrected chi connectivity index (χ2v) is 6.63. The van der Waals surface area contributed by atoms with E-state index in [1.54, 1.807) is 0 Å². The van der Waals surface area contributed by atoms with Crippen LogP contribution in [0.25, 0.3) is 0 Å². The largest absolute Gasteiger partial charge is 0.338 e. The summed E-state index contributed by atoms with van der Waals surface area (Å²) < 4.78 is 0. The summed E-state index contributed by atoms with van der Waals surface area (Å²) in [5.41, 5.74) is 7.05. The topological polar surface area (TPSA) is 46.3 Å². The van der Waals surface area contributed by atoms with Crippen LogP contribution in [-0.4, -0.2) is 23.9 Å². The number of carbonyl (C=O) groups excluding carboxylic acids is 1. The average Bonchev–Trinajstić information content (AvgIpc) is 2.95. The molecule has 0 unspecified atom stereocenters. The molecule has 0 heterocycles. The van der Waals surface area contributed by atoms with E-state index in [9.17, 15) is 4.79 Å². The highest BCUT2D eigenvalue weighted by Crippen LogP contribution is 2.33. The third-order valence-electron chi connectivity index (χ3n) is 4.39. The molecule has 1 aliphatic carbocycles. The summed E-state index contributed by atoms with van der Waals surface area (Å²) in [7, 11) is 0. The highest BCUT2D eigenvalue weighted by molar-refractivity contribution is 5.85. The Morgan fingerprint density at radius 3 is 2.55 bits per heavy atom. The third kappa shape index (κ3) is 4.99. The van der Waals surface area contributed by atoms with Gasteiger partial charge < -0.3 is 10.6 Å². The molecule has 1 amide bonds. The van der Waals surface area contributed by atoms with Gasteiger partial charge in [-0.25, -0.2) is 0 Å². The van der Waals surface area contributed by atoms with Gasteiger partial charge in [0.25, 0.3) is 0 Å². The van der Waals surface area contributed by atoms with E-state index in [0.717, 1.165) is 25.8 Å². The maximum atomic E-state index is 12.9. The zero-order valence-corrected chi connectivity index (χ0v) is 14.5. The van der Waals surface area contributed by atoms with Crippen LogP contribution in [0.5, 0.6) is 0 Å². The predicted molar refractivity (Wildman–Crippen MR) is 93.8 cm³/mol. The van der Waals surface area contributed by atoms with Gasteiger partial charge in [-0.1, -0.05) is 50.6 Å². The smallest absolute Gasteiger partial charge is 0.226 e. The number of halogens is 1. The molecule has 0 radical (unpaired) electrons. The molecule has 0 aromatic heterocycles.